The van der Waals surface area contributed by atoms with Crippen molar-refractivity contribution in [1.29, 1.82) is 0 Å². The van der Waals surface area contributed by atoms with Crippen LogP contribution in [0.4, 0.5) is 5.13 Å². The molecule has 1 saturated heterocycles. The topological polar surface area (TPSA) is 48.5 Å². The van der Waals surface area contributed by atoms with Gasteiger partial charge in [-0.25, -0.2) is 4.98 Å². The second-order valence-corrected chi connectivity index (χ2v) is 7.40. The summed E-state index contributed by atoms with van der Waals surface area (Å²) >= 11 is 7.70. The SMILES string of the molecule is CCN(C(C)=O)c1nc(CN2CCNCC2c2cccc(Cl)c2)cs1.Cl. The first kappa shape index (κ1) is 21.1. The molecule has 2 aromatic rings. The lowest BCUT2D eigenvalue weighted by Gasteiger charge is -2.36. The van der Waals surface area contributed by atoms with Crippen LogP contribution in [0.1, 0.15) is 31.1 Å². The first-order valence-corrected chi connectivity index (χ1v) is 9.77. The Morgan fingerprint density at radius 1 is 1.50 bits per heavy atom. The van der Waals surface area contributed by atoms with Gasteiger partial charge in [0.05, 0.1) is 5.69 Å². The highest BCUT2D eigenvalue weighted by Crippen LogP contribution is 2.28. The fourth-order valence-electron chi connectivity index (χ4n) is 3.17. The van der Waals surface area contributed by atoms with E-state index in [1.165, 1.54) is 16.9 Å². The van der Waals surface area contributed by atoms with Crippen molar-refractivity contribution in [2.24, 2.45) is 0 Å². The number of amides is 1. The van der Waals surface area contributed by atoms with Crippen molar-refractivity contribution in [3.8, 4) is 0 Å². The van der Waals surface area contributed by atoms with Crippen molar-refractivity contribution in [2.75, 3.05) is 31.1 Å². The minimum atomic E-state index is 0. The summed E-state index contributed by atoms with van der Waals surface area (Å²) in [4.78, 5) is 20.5. The fourth-order valence-corrected chi connectivity index (χ4v) is 4.29. The Morgan fingerprint density at radius 2 is 2.31 bits per heavy atom. The smallest absolute Gasteiger partial charge is 0.225 e. The van der Waals surface area contributed by atoms with E-state index in [1.807, 2.05) is 25.1 Å². The van der Waals surface area contributed by atoms with E-state index in [2.05, 4.69) is 26.6 Å². The zero-order valence-corrected chi connectivity index (χ0v) is 17.3. The largest absolute Gasteiger partial charge is 0.314 e. The molecular weight excluding hydrogens is 391 g/mol. The fraction of sp³-hybridized carbons (Fsp3) is 0.444. The Labute approximate surface area is 169 Å². The lowest BCUT2D eigenvalue weighted by Crippen LogP contribution is -2.45. The number of thiazole rings is 1. The van der Waals surface area contributed by atoms with Crippen LogP contribution < -0.4 is 10.2 Å². The first-order chi connectivity index (χ1) is 12.1. The van der Waals surface area contributed by atoms with Crippen LogP contribution in [0.25, 0.3) is 0 Å². The van der Waals surface area contributed by atoms with E-state index in [-0.39, 0.29) is 24.4 Å². The van der Waals surface area contributed by atoms with Crippen molar-refractivity contribution in [3.05, 3.63) is 45.9 Å². The summed E-state index contributed by atoms with van der Waals surface area (Å²) in [6, 6.07) is 8.33. The van der Waals surface area contributed by atoms with Gasteiger partial charge in [-0.05, 0) is 24.6 Å². The number of nitrogens with zero attached hydrogens (tertiary/aromatic N) is 3. The maximum absolute atomic E-state index is 11.7. The van der Waals surface area contributed by atoms with Gasteiger partial charge >= 0.3 is 0 Å². The Kier molecular flexibility index (Phi) is 7.85. The lowest BCUT2D eigenvalue weighted by atomic mass is 10.0. The maximum Gasteiger partial charge on any atom is 0.225 e. The third kappa shape index (κ3) is 4.96. The number of piperazine rings is 1. The van der Waals surface area contributed by atoms with Crippen LogP contribution >= 0.6 is 35.3 Å². The van der Waals surface area contributed by atoms with Crippen LogP contribution in [0, 0.1) is 0 Å². The van der Waals surface area contributed by atoms with Gasteiger partial charge in [0.15, 0.2) is 5.13 Å². The number of aromatic nitrogens is 1. The van der Waals surface area contributed by atoms with Gasteiger partial charge in [0, 0.05) is 56.1 Å². The number of hydrogen-bond donors (Lipinski definition) is 1. The predicted octanol–water partition coefficient (Wildman–Crippen LogP) is 3.74. The molecule has 1 atom stereocenters. The third-order valence-electron chi connectivity index (χ3n) is 4.42. The van der Waals surface area contributed by atoms with Crippen LogP contribution in [0.2, 0.25) is 5.02 Å². The van der Waals surface area contributed by atoms with Gasteiger partial charge in [-0.3, -0.25) is 14.6 Å². The number of hydrogen-bond acceptors (Lipinski definition) is 5. The summed E-state index contributed by atoms with van der Waals surface area (Å²) in [5.41, 5.74) is 2.22. The van der Waals surface area contributed by atoms with Crippen molar-refractivity contribution < 1.29 is 4.79 Å². The van der Waals surface area contributed by atoms with Crippen molar-refractivity contribution in [2.45, 2.75) is 26.4 Å². The molecule has 1 aromatic carbocycles. The summed E-state index contributed by atoms with van der Waals surface area (Å²) in [5, 5.41) is 7.05. The summed E-state index contributed by atoms with van der Waals surface area (Å²) < 4.78 is 0. The average molecular weight is 415 g/mol. The van der Waals surface area contributed by atoms with E-state index in [9.17, 15) is 4.79 Å². The van der Waals surface area contributed by atoms with E-state index >= 15 is 0 Å². The van der Waals surface area contributed by atoms with Crippen molar-refractivity contribution in [1.82, 2.24) is 15.2 Å². The van der Waals surface area contributed by atoms with Gasteiger partial charge < -0.3 is 5.32 Å². The second-order valence-electron chi connectivity index (χ2n) is 6.13. The van der Waals surface area contributed by atoms with Crippen LogP contribution in [-0.4, -0.2) is 42.0 Å². The molecule has 0 saturated carbocycles. The molecule has 2 heterocycles. The summed E-state index contributed by atoms with van der Waals surface area (Å²) in [5.74, 6) is 0.0300. The molecule has 8 heteroatoms. The van der Waals surface area contributed by atoms with E-state index in [0.717, 1.165) is 42.0 Å². The Morgan fingerprint density at radius 3 is 3.00 bits per heavy atom. The molecule has 0 spiro atoms. The summed E-state index contributed by atoms with van der Waals surface area (Å²) in [7, 11) is 0. The van der Waals surface area contributed by atoms with E-state index in [1.54, 1.807) is 11.8 Å². The van der Waals surface area contributed by atoms with Gasteiger partial charge in [0.2, 0.25) is 5.91 Å². The summed E-state index contributed by atoms with van der Waals surface area (Å²) in [6.07, 6.45) is 0. The molecule has 1 aliphatic rings. The predicted molar refractivity (Wildman–Crippen MR) is 111 cm³/mol. The third-order valence-corrected chi connectivity index (χ3v) is 5.57. The minimum Gasteiger partial charge on any atom is -0.314 e. The number of nitrogens with one attached hydrogen (secondary N) is 1. The van der Waals surface area contributed by atoms with E-state index in [4.69, 9.17) is 11.6 Å². The molecule has 1 aromatic heterocycles. The van der Waals surface area contributed by atoms with Crippen molar-refractivity contribution in [3.63, 3.8) is 0 Å². The van der Waals surface area contributed by atoms with Gasteiger partial charge in [-0.2, -0.15) is 0 Å². The monoisotopic (exact) mass is 414 g/mol. The Hall–Kier alpha value is -1.18. The minimum absolute atomic E-state index is 0. The van der Waals surface area contributed by atoms with Crippen molar-refractivity contribution >= 4 is 46.4 Å². The number of carbonyl (C=O) groups excluding carboxylic acids is 1. The van der Waals surface area contributed by atoms with Gasteiger partial charge in [0.1, 0.15) is 0 Å². The molecule has 1 N–H and O–H groups in total. The first-order valence-electron chi connectivity index (χ1n) is 8.51. The van der Waals surface area contributed by atoms with E-state index in [0.29, 0.717) is 6.54 Å². The van der Waals surface area contributed by atoms with Crippen LogP contribution in [-0.2, 0) is 11.3 Å². The number of benzene rings is 1. The molecule has 1 amide bonds. The highest BCUT2D eigenvalue weighted by molar-refractivity contribution is 7.14. The number of halogens is 2. The molecule has 5 nitrogen and oxygen atoms in total. The zero-order valence-electron chi connectivity index (χ0n) is 14.9. The molecule has 1 aliphatic heterocycles. The van der Waals surface area contributed by atoms with Gasteiger partial charge in [-0.15, -0.1) is 23.7 Å². The van der Waals surface area contributed by atoms with Gasteiger partial charge in [0.25, 0.3) is 0 Å². The number of anilines is 1. The molecule has 3 rings (SSSR count). The molecule has 0 radical (unpaired) electrons. The highest BCUT2D eigenvalue weighted by atomic mass is 35.5. The summed E-state index contributed by atoms with van der Waals surface area (Å²) in [6.45, 7) is 7.76. The molecule has 1 fully saturated rings. The zero-order chi connectivity index (χ0) is 17.8. The average Bonchev–Trinajstić information content (AvgIpc) is 3.04. The lowest BCUT2D eigenvalue weighted by molar-refractivity contribution is -0.116. The standard InChI is InChI=1S/C18H23ClN4OS.ClH/c1-3-23(13(2)24)18-21-16(12-25-18)11-22-8-7-20-10-17(22)14-5-4-6-15(19)9-14;/h4-6,9,12,17,20H,3,7-8,10-11H2,1-2H3;1H. The number of carbonyl (C=O) groups is 1. The van der Waals surface area contributed by atoms with Crippen LogP contribution in [0.3, 0.4) is 0 Å². The molecule has 26 heavy (non-hydrogen) atoms. The van der Waals surface area contributed by atoms with Crippen LogP contribution in [0.15, 0.2) is 29.6 Å². The quantitative estimate of drug-likeness (QED) is 0.809. The van der Waals surface area contributed by atoms with Crippen LogP contribution in [0.5, 0.6) is 0 Å². The molecule has 0 aliphatic carbocycles. The molecule has 142 valence electrons. The highest BCUT2D eigenvalue weighted by Gasteiger charge is 2.25. The molecule has 0 bridgehead atoms. The Balaban J connectivity index is 0.00000243. The maximum atomic E-state index is 11.7. The van der Waals surface area contributed by atoms with Gasteiger partial charge in [-0.1, -0.05) is 23.7 Å². The molecular formula is C18H24Cl2N4OS. The number of rotatable bonds is 5. The second kappa shape index (κ2) is 9.67. The molecule has 1 unspecified atom stereocenters. The van der Waals surface area contributed by atoms with E-state index < -0.39 is 0 Å². The Bertz CT molecular complexity index is 739. The normalized spacial score (nSPS) is 17.6.